The van der Waals surface area contributed by atoms with Crippen molar-refractivity contribution >= 4 is 5.91 Å². The SMILES string of the molecule is C#CCC(N)C(=O)NCC(C(C)C)N1CCN(C)CC1. The highest BCUT2D eigenvalue weighted by atomic mass is 16.2. The molecular weight excluding hydrogens is 252 g/mol. The summed E-state index contributed by atoms with van der Waals surface area (Å²) in [5.74, 6) is 2.76. The molecule has 0 spiro atoms. The van der Waals surface area contributed by atoms with Gasteiger partial charge in [-0.2, -0.15) is 0 Å². The van der Waals surface area contributed by atoms with Crippen LogP contribution in [0, 0.1) is 18.3 Å². The van der Waals surface area contributed by atoms with Gasteiger partial charge in [-0.1, -0.05) is 13.8 Å². The molecular formula is C15H28N4O. The first kappa shape index (κ1) is 17.0. The maximum atomic E-state index is 11.8. The van der Waals surface area contributed by atoms with Crippen molar-refractivity contribution in [2.45, 2.75) is 32.4 Å². The summed E-state index contributed by atoms with van der Waals surface area (Å²) in [4.78, 5) is 16.6. The third-order valence-electron chi connectivity index (χ3n) is 3.94. The molecule has 5 heteroatoms. The van der Waals surface area contributed by atoms with Gasteiger partial charge in [-0.05, 0) is 13.0 Å². The van der Waals surface area contributed by atoms with Crippen LogP contribution in [-0.2, 0) is 4.79 Å². The molecule has 0 bridgehead atoms. The van der Waals surface area contributed by atoms with Crippen molar-refractivity contribution in [3.8, 4) is 12.3 Å². The predicted molar refractivity (Wildman–Crippen MR) is 82.1 cm³/mol. The number of nitrogens with zero attached hydrogens (tertiary/aromatic N) is 2. The van der Waals surface area contributed by atoms with E-state index in [-0.39, 0.29) is 12.3 Å². The van der Waals surface area contributed by atoms with Gasteiger partial charge in [-0.15, -0.1) is 12.3 Å². The standard InChI is InChI=1S/C15H28N4O/c1-5-6-13(16)15(20)17-11-14(12(2)3)19-9-7-18(4)8-10-19/h1,12-14H,6-11,16H2,2-4H3,(H,17,20). The summed E-state index contributed by atoms with van der Waals surface area (Å²) in [6.07, 6.45) is 5.46. The van der Waals surface area contributed by atoms with Gasteiger partial charge >= 0.3 is 0 Å². The first-order chi connectivity index (χ1) is 9.45. The van der Waals surface area contributed by atoms with Crippen LogP contribution in [0.15, 0.2) is 0 Å². The summed E-state index contributed by atoms with van der Waals surface area (Å²) in [5, 5.41) is 2.94. The van der Waals surface area contributed by atoms with Gasteiger partial charge in [0.15, 0.2) is 0 Å². The van der Waals surface area contributed by atoms with Crippen LogP contribution in [0.1, 0.15) is 20.3 Å². The van der Waals surface area contributed by atoms with E-state index < -0.39 is 6.04 Å². The van der Waals surface area contributed by atoms with Crippen LogP contribution in [0.5, 0.6) is 0 Å². The van der Waals surface area contributed by atoms with Gasteiger partial charge in [0.2, 0.25) is 5.91 Å². The van der Waals surface area contributed by atoms with Crippen molar-refractivity contribution in [3.05, 3.63) is 0 Å². The number of terminal acetylenes is 1. The van der Waals surface area contributed by atoms with Crippen molar-refractivity contribution in [1.29, 1.82) is 0 Å². The van der Waals surface area contributed by atoms with E-state index >= 15 is 0 Å². The minimum absolute atomic E-state index is 0.150. The van der Waals surface area contributed by atoms with E-state index in [2.05, 4.69) is 41.9 Å². The fraction of sp³-hybridized carbons (Fsp3) is 0.800. The lowest BCUT2D eigenvalue weighted by atomic mass is 10.0. The number of nitrogens with two attached hydrogens (primary N) is 1. The Labute approximate surface area is 122 Å². The number of piperazine rings is 1. The summed E-state index contributed by atoms with van der Waals surface area (Å²) in [7, 11) is 2.14. The molecule has 3 N–H and O–H groups in total. The van der Waals surface area contributed by atoms with Crippen LogP contribution in [-0.4, -0.2) is 67.6 Å². The highest BCUT2D eigenvalue weighted by Gasteiger charge is 2.25. The molecule has 1 saturated heterocycles. The van der Waals surface area contributed by atoms with Gasteiger partial charge in [-0.25, -0.2) is 0 Å². The lowest BCUT2D eigenvalue weighted by molar-refractivity contribution is -0.122. The molecule has 0 aromatic rings. The summed E-state index contributed by atoms with van der Waals surface area (Å²) < 4.78 is 0. The maximum Gasteiger partial charge on any atom is 0.237 e. The Kier molecular flexibility index (Phi) is 7.00. The lowest BCUT2D eigenvalue weighted by Crippen LogP contribution is -2.55. The normalized spacial score (nSPS) is 20.4. The Morgan fingerprint density at radius 1 is 1.35 bits per heavy atom. The predicted octanol–water partition coefficient (Wildman–Crippen LogP) is -0.275. The van der Waals surface area contributed by atoms with Gasteiger partial charge < -0.3 is 16.0 Å². The number of likely N-dealkylation sites (N-methyl/N-ethyl adjacent to an activating group) is 1. The molecule has 5 nitrogen and oxygen atoms in total. The third kappa shape index (κ3) is 5.12. The quantitative estimate of drug-likeness (QED) is 0.657. The molecule has 0 radical (unpaired) electrons. The number of nitrogens with one attached hydrogen (secondary N) is 1. The van der Waals surface area contributed by atoms with Gasteiger partial charge in [0, 0.05) is 45.2 Å². The highest BCUT2D eigenvalue weighted by Crippen LogP contribution is 2.12. The Morgan fingerprint density at radius 2 is 1.95 bits per heavy atom. The van der Waals surface area contributed by atoms with E-state index in [9.17, 15) is 4.79 Å². The largest absolute Gasteiger partial charge is 0.353 e. The fourth-order valence-electron chi connectivity index (χ4n) is 2.50. The van der Waals surface area contributed by atoms with E-state index in [4.69, 9.17) is 12.2 Å². The van der Waals surface area contributed by atoms with Crippen molar-refractivity contribution in [2.75, 3.05) is 39.8 Å². The zero-order valence-corrected chi connectivity index (χ0v) is 12.9. The average molecular weight is 280 g/mol. The first-order valence-corrected chi connectivity index (χ1v) is 7.35. The summed E-state index contributed by atoms with van der Waals surface area (Å²) >= 11 is 0. The lowest BCUT2D eigenvalue weighted by Gasteiger charge is -2.40. The minimum atomic E-state index is -0.597. The van der Waals surface area contributed by atoms with Crippen LogP contribution in [0.4, 0.5) is 0 Å². The minimum Gasteiger partial charge on any atom is -0.353 e. The molecule has 1 aliphatic rings. The topological polar surface area (TPSA) is 61.6 Å². The molecule has 2 unspecified atom stereocenters. The summed E-state index contributed by atoms with van der Waals surface area (Å²) in [6, 6.07) is -0.244. The van der Waals surface area contributed by atoms with Crippen LogP contribution in [0.2, 0.25) is 0 Å². The molecule has 0 aliphatic carbocycles. The smallest absolute Gasteiger partial charge is 0.237 e. The van der Waals surface area contributed by atoms with Crippen LogP contribution >= 0.6 is 0 Å². The van der Waals surface area contributed by atoms with E-state index in [1.54, 1.807) is 0 Å². The highest BCUT2D eigenvalue weighted by molar-refractivity contribution is 5.81. The third-order valence-corrected chi connectivity index (χ3v) is 3.94. The number of carbonyl (C=O) groups excluding carboxylic acids is 1. The average Bonchev–Trinajstić information content (AvgIpc) is 2.40. The Hall–Kier alpha value is -1.09. The molecule has 1 heterocycles. The van der Waals surface area contributed by atoms with Crippen molar-refractivity contribution in [3.63, 3.8) is 0 Å². The number of hydrogen-bond donors (Lipinski definition) is 2. The van der Waals surface area contributed by atoms with Gasteiger partial charge in [0.25, 0.3) is 0 Å². The van der Waals surface area contributed by atoms with E-state index in [1.165, 1.54) is 0 Å². The molecule has 0 saturated carbocycles. The van der Waals surface area contributed by atoms with Crippen LogP contribution < -0.4 is 11.1 Å². The molecule has 1 rings (SSSR count). The summed E-state index contributed by atoms with van der Waals surface area (Å²) in [6.45, 7) is 9.27. The van der Waals surface area contributed by atoms with Crippen LogP contribution in [0.25, 0.3) is 0 Å². The molecule has 114 valence electrons. The van der Waals surface area contributed by atoms with Crippen molar-refractivity contribution in [1.82, 2.24) is 15.1 Å². The molecule has 20 heavy (non-hydrogen) atoms. The van der Waals surface area contributed by atoms with Crippen molar-refractivity contribution < 1.29 is 4.79 Å². The van der Waals surface area contributed by atoms with Gasteiger partial charge in [-0.3, -0.25) is 9.69 Å². The second-order valence-corrected chi connectivity index (χ2v) is 5.91. The monoisotopic (exact) mass is 280 g/mol. The Bertz CT molecular complexity index is 342. The molecule has 0 aromatic heterocycles. The number of rotatable bonds is 6. The van der Waals surface area contributed by atoms with E-state index in [0.29, 0.717) is 18.5 Å². The molecule has 1 aliphatic heterocycles. The Morgan fingerprint density at radius 3 is 2.45 bits per heavy atom. The van der Waals surface area contributed by atoms with E-state index in [1.807, 2.05) is 0 Å². The summed E-state index contributed by atoms with van der Waals surface area (Å²) in [5.41, 5.74) is 5.71. The second kappa shape index (κ2) is 8.25. The first-order valence-electron chi connectivity index (χ1n) is 7.35. The fourth-order valence-corrected chi connectivity index (χ4v) is 2.50. The second-order valence-electron chi connectivity index (χ2n) is 5.91. The molecule has 1 amide bonds. The van der Waals surface area contributed by atoms with Crippen molar-refractivity contribution in [2.24, 2.45) is 11.7 Å². The maximum absolute atomic E-state index is 11.8. The zero-order valence-electron chi connectivity index (χ0n) is 12.9. The number of amides is 1. The number of carbonyl (C=O) groups is 1. The number of hydrogen-bond acceptors (Lipinski definition) is 4. The van der Waals surface area contributed by atoms with Gasteiger partial charge in [0.1, 0.15) is 0 Å². The Balaban J connectivity index is 2.47. The molecule has 2 atom stereocenters. The van der Waals surface area contributed by atoms with E-state index in [0.717, 1.165) is 26.2 Å². The van der Waals surface area contributed by atoms with Gasteiger partial charge in [0.05, 0.1) is 6.04 Å². The van der Waals surface area contributed by atoms with Crippen LogP contribution in [0.3, 0.4) is 0 Å². The molecule has 0 aromatic carbocycles. The zero-order chi connectivity index (χ0) is 15.1. The molecule has 1 fully saturated rings.